The molecule has 3 aromatic carbocycles. The maximum atomic E-state index is 13.2. The highest BCUT2D eigenvalue weighted by Gasteiger charge is 2.19. The van der Waals surface area contributed by atoms with Crippen LogP contribution in [0.1, 0.15) is 42.3 Å². The topological polar surface area (TPSA) is 49.9 Å². The van der Waals surface area contributed by atoms with Gasteiger partial charge in [0, 0.05) is 22.8 Å². The van der Waals surface area contributed by atoms with Crippen molar-refractivity contribution in [3.8, 4) is 11.1 Å². The molecule has 0 unspecified atom stereocenters. The van der Waals surface area contributed by atoms with E-state index in [1.54, 1.807) is 6.08 Å². The fourth-order valence-electron chi connectivity index (χ4n) is 3.73. The number of aromatic nitrogens is 1. The second-order valence-corrected chi connectivity index (χ2v) is 8.69. The number of fused-ring (bicyclic) bond motifs is 1. The highest BCUT2D eigenvalue weighted by Crippen LogP contribution is 2.30. The molecule has 0 aliphatic heterocycles. The minimum Gasteiger partial charge on any atom is -0.321 e. The third kappa shape index (κ3) is 5.50. The molecule has 1 heterocycles. The molecule has 0 radical (unpaired) electrons. The third-order valence-electron chi connectivity index (χ3n) is 5.43. The molecule has 0 spiro atoms. The normalized spacial score (nSPS) is 11.3. The molecule has 168 valence electrons. The zero-order valence-electron chi connectivity index (χ0n) is 19.4. The van der Waals surface area contributed by atoms with E-state index in [0.717, 1.165) is 16.5 Å². The Bertz CT molecular complexity index is 1330. The van der Waals surface area contributed by atoms with Crippen molar-refractivity contribution in [2.75, 3.05) is 6.38 Å². The van der Waals surface area contributed by atoms with Crippen LogP contribution in [0.4, 0.5) is 0 Å². The zero-order valence-corrected chi connectivity index (χ0v) is 20.1. The predicted molar refractivity (Wildman–Crippen MR) is 140 cm³/mol. The maximum Gasteiger partial charge on any atom is 0.260 e. The van der Waals surface area contributed by atoms with E-state index in [0.29, 0.717) is 11.1 Å². The van der Waals surface area contributed by atoms with Crippen LogP contribution in [0.2, 0.25) is 0 Å². The Morgan fingerprint density at radius 2 is 1.45 bits per heavy atom. The molecule has 0 saturated carbocycles. The third-order valence-corrected chi connectivity index (χ3v) is 5.43. The first kappa shape index (κ1) is 24.2. The molecule has 0 bridgehead atoms. The SMILES string of the molecule is CC(C)(C)c1ccc(/C=C/C(=O)c2c(-c3ccccc3)c3ccccc3[nH]c2=O)cc1.CCl. The van der Waals surface area contributed by atoms with E-state index in [-0.39, 0.29) is 22.3 Å². The number of rotatable bonds is 4. The number of ketones is 1. The number of benzene rings is 3. The van der Waals surface area contributed by atoms with Crippen LogP contribution in [-0.4, -0.2) is 17.2 Å². The van der Waals surface area contributed by atoms with Gasteiger partial charge < -0.3 is 4.98 Å². The number of allylic oxidation sites excluding steroid dienone is 1. The number of pyridine rings is 1. The first-order valence-electron chi connectivity index (χ1n) is 10.8. The average Bonchev–Trinajstić information content (AvgIpc) is 2.83. The molecule has 0 aliphatic carbocycles. The summed E-state index contributed by atoms with van der Waals surface area (Å²) < 4.78 is 0. The molecule has 0 amide bonds. The second-order valence-electron chi connectivity index (χ2n) is 8.69. The Kier molecular flexibility index (Phi) is 7.67. The summed E-state index contributed by atoms with van der Waals surface area (Å²) in [6.07, 6.45) is 4.72. The predicted octanol–water partition coefficient (Wildman–Crippen LogP) is 7.24. The van der Waals surface area contributed by atoms with E-state index in [2.05, 4.69) is 49.5 Å². The van der Waals surface area contributed by atoms with Gasteiger partial charge in [0.1, 0.15) is 0 Å². The van der Waals surface area contributed by atoms with Crippen LogP contribution in [0.25, 0.3) is 28.1 Å². The van der Waals surface area contributed by atoms with E-state index in [1.165, 1.54) is 18.0 Å². The zero-order chi connectivity index (χ0) is 24.0. The highest BCUT2D eigenvalue weighted by molar-refractivity contribution is 6.15. The van der Waals surface area contributed by atoms with Gasteiger partial charge in [0.2, 0.25) is 0 Å². The lowest BCUT2D eigenvalue weighted by Gasteiger charge is -2.18. The van der Waals surface area contributed by atoms with Crippen molar-refractivity contribution in [3.63, 3.8) is 0 Å². The van der Waals surface area contributed by atoms with Gasteiger partial charge in [0.25, 0.3) is 5.56 Å². The number of H-pyrrole nitrogens is 1. The summed E-state index contributed by atoms with van der Waals surface area (Å²) in [5.74, 6) is -0.314. The van der Waals surface area contributed by atoms with Gasteiger partial charge in [-0.25, -0.2) is 0 Å². The van der Waals surface area contributed by atoms with Crippen LogP contribution >= 0.6 is 11.6 Å². The summed E-state index contributed by atoms with van der Waals surface area (Å²) >= 11 is 4.64. The summed E-state index contributed by atoms with van der Waals surface area (Å²) in [6.45, 7) is 6.50. The number of nitrogens with one attached hydrogen (secondary N) is 1. The number of hydrogen-bond donors (Lipinski definition) is 1. The molecule has 4 rings (SSSR count). The van der Waals surface area contributed by atoms with Gasteiger partial charge >= 0.3 is 0 Å². The molecule has 1 N–H and O–H groups in total. The number of para-hydroxylation sites is 1. The van der Waals surface area contributed by atoms with Crippen molar-refractivity contribution < 1.29 is 4.79 Å². The Morgan fingerprint density at radius 1 is 0.848 bits per heavy atom. The average molecular weight is 458 g/mol. The first-order chi connectivity index (χ1) is 15.8. The molecule has 0 saturated heterocycles. The minimum atomic E-state index is -0.379. The van der Waals surface area contributed by atoms with E-state index in [4.69, 9.17) is 0 Å². The maximum absolute atomic E-state index is 13.2. The van der Waals surface area contributed by atoms with Crippen molar-refractivity contribution in [2.45, 2.75) is 26.2 Å². The number of halogens is 1. The molecular weight excluding hydrogens is 430 g/mol. The second kappa shape index (κ2) is 10.5. The van der Waals surface area contributed by atoms with Crippen LogP contribution in [0.3, 0.4) is 0 Å². The largest absolute Gasteiger partial charge is 0.321 e. The number of aromatic amines is 1. The summed E-state index contributed by atoms with van der Waals surface area (Å²) in [5.41, 5.74) is 4.22. The smallest absolute Gasteiger partial charge is 0.260 e. The monoisotopic (exact) mass is 457 g/mol. The first-order valence-corrected chi connectivity index (χ1v) is 11.5. The van der Waals surface area contributed by atoms with Gasteiger partial charge in [-0.05, 0) is 34.2 Å². The summed E-state index contributed by atoms with van der Waals surface area (Å²) in [7, 11) is 0. The van der Waals surface area contributed by atoms with E-state index in [1.807, 2.05) is 66.7 Å². The van der Waals surface area contributed by atoms with E-state index >= 15 is 0 Å². The lowest BCUT2D eigenvalue weighted by Crippen LogP contribution is -2.18. The molecule has 0 atom stereocenters. The Hall–Kier alpha value is -3.43. The number of carbonyl (C=O) groups is 1. The van der Waals surface area contributed by atoms with E-state index < -0.39 is 0 Å². The van der Waals surface area contributed by atoms with Gasteiger partial charge in [0.15, 0.2) is 5.78 Å². The van der Waals surface area contributed by atoms with Gasteiger partial charge in [-0.15, -0.1) is 11.6 Å². The van der Waals surface area contributed by atoms with Crippen LogP contribution in [0.15, 0.2) is 89.7 Å². The van der Waals surface area contributed by atoms with Gasteiger partial charge in [0.05, 0.1) is 5.56 Å². The summed E-state index contributed by atoms with van der Waals surface area (Å²) in [6, 6.07) is 25.3. The molecular formula is C29H28ClNO2. The Balaban J connectivity index is 0.00000149. The molecule has 3 nitrogen and oxygen atoms in total. The Labute approximate surface area is 199 Å². The molecule has 0 fully saturated rings. The van der Waals surface area contributed by atoms with Crippen LogP contribution in [-0.2, 0) is 5.41 Å². The lowest BCUT2D eigenvalue weighted by molar-refractivity contribution is 0.104. The number of hydrogen-bond acceptors (Lipinski definition) is 2. The van der Waals surface area contributed by atoms with Crippen molar-refractivity contribution >= 4 is 34.4 Å². The van der Waals surface area contributed by atoms with Gasteiger partial charge in [-0.2, -0.15) is 0 Å². The highest BCUT2D eigenvalue weighted by atomic mass is 35.5. The van der Waals surface area contributed by atoms with Crippen molar-refractivity contribution in [3.05, 3.63) is 112 Å². The minimum absolute atomic E-state index is 0.0705. The Morgan fingerprint density at radius 3 is 2.09 bits per heavy atom. The van der Waals surface area contributed by atoms with Gasteiger partial charge in [-0.1, -0.05) is 99.6 Å². The van der Waals surface area contributed by atoms with Crippen molar-refractivity contribution in [1.29, 1.82) is 0 Å². The van der Waals surface area contributed by atoms with Crippen LogP contribution in [0, 0.1) is 0 Å². The summed E-state index contributed by atoms with van der Waals surface area (Å²) in [5, 5.41) is 0.847. The molecule has 0 aliphatic rings. The van der Waals surface area contributed by atoms with Crippen LogP contribution in [0.5, 0.6) is 0 Å². The standard InChI is InChI=1S/C28H25NO2.CH3Cl/c1-28(2,3)21-16-13-19(14-17-21)15-18-24(30)26-25(20-9-5-4-6-10-20)22-11-7-8-12-23(22)29-27(26)31;1-2/h4-18H,1-3H3,(H,29,31);1H3/b18-15+;. The van der Waals surface area contributed by atoms with Crippen molar-refractivity contribution in [2.24, 2.45) is 0 Å². The van der Waals surface area contributed by atoms with Crippen LogP contribution < -0.4 is 5.56 Å². The lowest BCUT2D eigenvalue weighted by atomic mass is 9.86. The summed E-state index contributed by atoms with van der Waals surface area (Å²) in [4.78, 5) is 29.0. The molecule has 1 aromatic heterocycles. The fourth-order valence-corrected chi connectivity index (χ4v) is 3.73. The van der Waals surface area contributed by atoms with Crippen molar-refractivity contribution in [1.82, 2.24) is 4.98 Å². The van der Waals surface area contributed by atoms with E-state index in [9.17, 15) is 9.59 Å². The molecule has 4 aromatic rings. The number of carbonyl (C=O) groups excluding carboxylic acids is 1. The fraction of sp³-hybridized carbons (Fsp3) is 0.172. The molecule has 33 heavy (non-hydrogen) atoms. The quantitative estimate of drug-likeness (QED) is 0.199. The number of alkyl halides is 1. The molecule has 4 heteroatoms. The van der Waals surface area contributed by atoms with Gasteiger partial charge in [-0.3, -0.25) is 9.59 Å².